The number of hydrogen-bond donors (Lipinski definition) is 1. The third kappa shape index (κ3) is 3.67. The summed E-state index contributed by atoms with van der Waals surface area (Å²) in [4.78, 5) is 4.12. The average molecular weight is 268 g/mol. The van der Waals surface area contributed by atoms with E-state index < -0.39 is 0 Å². The minimum atomic E-state index is 0.359. The fourth-order valence-electron chi connectivity index (χ4n) is 2.60. The molecular formula is C18H24N2. The molecule has 2 rings (SSSR count). The van der Waals surface area contributed by atoms with Gasteiger partial charge in [0.1, 0.15) is 0 Å². The maximum absolute atomic E-state index is 4.12. The van der Waals surface area contributed by atoms with E-state index in [0.717, 1.165) is 19.4 Å². The molecule has 2 aromatic rings. The topological polar surface area (TPSA) is 24.9 Å². The van der Waals surface area contributed by atoms with Gasteiger partial charge in [-0.15, -0.1) is 0 Å². The summed E-state index contributed by atoms with van der Waals surface area (Å²) in [5.74, 6) is 0. The molecule has 0 aliphatic rings. The molecule has 1 unspecified atom stereocenters. The standard InChI is InChI=1S/C18H24N2/c1-4-10-20-18(16-8-11-19-12-9-16)13-17-14(2)6-5-7-15(17)3/h5-9,11-12,18,20H,4,10,13H2,1-3H3. The van der Waals surface area contributed by atoms with E-state index in [1.165, 1.54) is 22.3 Å². The lowest BCUT2D eigenvalue weighted by atomic mass is 9.93. The van der Waals surface area contributed by atoms with Gasteiger partial charge >= 0.3 is 0 Å². The number of rotatable bonds is 6. The highest BCUT2D eigenvalue weighted by molar-refractivity contribution is 5.35. The molecule has 0 aliphatic heterocycles. The van der Waals surface area contributed by atoms with Gasteiger partial charge in [-0.2, -0.15) is 0 Å². The Morgan fingerprint density at radius 1 is 1.05 bits per heavy atom. The van der Waals surface area contributed by atoms with E-state index in [-0.39, 0.29) is 0 Å². The summed E-state index contributed by atoms with van der Waals surface area (Å²) in [7, 11) is 0. The summed E-state index contributed by atoms with van der Waals surface area (Å²) in [6, 6.07) is 11.1. The maximum atomic E-state index is 4.12. The van der Waals surface area contributed by atoms with Crippen LogP contribution in [0.1, 0.15) is 41.6 Å². The minimum absolute atomic E-state index is 0.359. The molecule has 1 atom stereocenters. The van der Waals surface area contributed by atoms with Crippen LogP contribution >= 0.6 is 0 Å². The van der Waals surface area contributed by atoms with Crippen LogP contribution in [0, 0.1) is 13.8 Å². The molecule has 20 heavy (non-hydrogen) atoms. The number of pyridine rings is 1. The molecule has 106 valence electrons. The molecule has 0 fully saturated rings. The molecule has 0 aliphatic carbocycles. The number of aryl methyl sites for hydroxylation is 2. The van der Waals surface area contributed by atoms with Crippen LogP contribution in [0.25, 0.3) is 0 Å². The van der Waals surface area contributed by atoms with Crippen molar-refractivity contribution in [2.75, 3.05) is 6.54 Å². The van der Waals surface area contributed by atoms with E-state index in [9.17, 15) is 0 Å². The lowest BCUT2D eigenvalue weighted by molar-refractivity contribution is 0.527. The van der Waals surface area contributed by atoms with Gasteiger partial charge in [-0.25, -0.2) is 0 Å². The van der Waals surface area contributed by atoms with Gasteiger partial charge in [0.2, 0.25) is 0 Å². The Kier molecular flexibility index (Phi) is 5.31. The minimum Gasteiger partial charge on any atom is -0.310 e. The van der Waals surface area contributed by atoms with Crippen molar-refractivity contribution < 1.29 is 0 Å². The lowest BCUT2D eigenvalue weighted by Gasteiger charge is -2.21. The Hall–Kier alpha value is -1.67. The summed E-state index contributed by atoms with van der Waals surface area (Å²) in [6.45, 7) is 7.64. The van der Waals surface area contributed by atoms with E-state index in [1.54, 1.807) is 0 Å². The van der Waals surface area contributed by atoms with Crippen LogP contribution in [0.15, 0.2) is 42.7 Å². The zero-order valence-corrected chi connectivity index (χ0v) is 12.7. The second kappa shape index (κ2) is 7.20. The quantitative estimate of drug-likeness (QED) is 0.857. The Balaban J connectivity index is 2.24. The molecule has 0 spiro atoms. The lowest BCUT2D eigenvalue weighted by Crippen LogP contribution is -2.24. The molecule has 0 bridgehead atoms. The number of hydrogen-bond acceptors (Lipinski definition) is 2. The second-order valence-electron chi connectivity index (χ2n) is 5.36. The first-order valence-corrected chi connectivity index (χ1v) is 7.40. The van der Waals surface area contributed by atoms with Gasteiger partial charge in [0.05, 0.1) is 0 Å². The Bertz CT molecular complexity index is 514. The van der Waals surface area contributed by atoms with Crippen molar-refractivity contribution in [3.05, 3.63) is 65.0 Å². The smallest absolute Gasteiger partial charge is 0.0362 e. The van der Waals surface area contributed by atoms with Crippen molar-refractivity contribution in [1.29, 1.82) is 0 Å². The second-order valence-corrected chi connectivity index (χ2v) is 5.36. The molecule has 0 radical (unpaired) electrons. The van der Waals surface area contributed by atoms with Crippen LogP contribution in [-0.4, -0.2) is 11.5 Å². The molecule has 0 saturated carbocycles. The Morgan fingerprint density at radius 3 is 2.30 bits per heavy atom. The summed E-state index contributed by atoms with van der Waals surface area (Å²) >= 11 is 0. The predicted molar refractivity (Wildman–Crippen MR) is 84.9 cm³/mol. The third-order valence-electron chi connectivity index (χ3n) is 3.80. The van der Waals surface area contributed by atoms with Crippen molar-refractivity contribution in [1.82, 2.24) is 10.3 Å². The van der Waals surface area contributed by atoms with Gasteiger partial charge in [-0.1, -0.05) is 25.1 Å². The van der Waals surface area contributed by atoms with E-state index in [2.05, 4.69) is 61.4 Å². The summed E-state index contributed by atoms with van der Waals surface area (Å²) < 4.78 is 0. The summed E-state index contributed by atoms with van der Waals surface area (Å²) in [5.41, 5.74) is 5.53. The fourth-order valence-corrected chi connectivity index (χ4v) is 2.60. The summed E-state index contributed by atoms with van der Waals surface area (Å²) in [5, 5.41) is 3.66. The van der Waals surface area contributed by atoms with Crippen LogP contribution in [0.4, 0.5) is 0 Å². The highest BCUT2D eigenvalue weighted by Gasteiger charge is 2.13. The SMILES string of the molecule is CCCNC(Cc1c(C)cccc1C)c1ccncc1. The zero-order chi connectivity index (χ0) is 14.4. The van der Waals surface area contributed by atoms with E-state index in [1.807, 2.05) is 12.4 Å². The molecule has 1 N–H and O–H groups in total. The van der Waals surface area contributed by atoms with Gasteiger partial charge in [0.15, 0.2) is 0 Å². The van der Waals surface area contributed by atoms with Crippen molar-refractivity contribution in [2.45, 2.75) is 39.7 Å². The molecular weight excluding hydrogens is 244 g/mol. The fraction of sp³-hybridized carbons (Fsp3) is 0.389. The van der Waals surface area contributed by atoms with Crippen molar-refractivity contribution >= 4 is 0 Å². The maximum Gasteiger partial charge on any atom is 0.0362 e. The Morgan fingerprint density at radius 2 is 1.70 bits per heavy atom. The number of nitrogens with zero attached hydrogens (tertiary/aromatic N) is 1. The zero-order valence-electron chi connectivity index (χ0n) is 12.7. The van der Waals surface area contributed by atoms with Crippen LogP contribution in [-0.2, 0) is 6.42 Å². The summed E-state index contributed by atoms with van der Waals surface area (Å²) in [6.07, 6.45) is 5.93. The molecule has 0 saturated heterocycles. The molecule has 2 heteroatoms. The first-order valence-electron chi connectivity index (χ1n) is 7.40. The van der Waals surface area contributed by atoms with Gasteiger partial charge in [-0.05, 0) is 67.6 Å². The van der Waals surface area contributed by atoms with Gasteiger partial charge in [0, 0.05) is 18.4 Å². The highest BCUT2D eigenvalue weighted by atomic mass is 14.9. The van der Waals surface area contributed by atoms with E-state index >= 15 is 0 Å². The largest absolute Gasteiger partial charge is 0.310 e. The molecule has 1 heterocycles. The molecule has 0 amide bonds. The van der Waals surface area contributed by atoms with Crippen LogP contribution in [0.3, 0.4) is 0 Å². The first kappa shape index (κ1) is 14.7. The first-order chi connectivity index (χ1) is 9.72. The number of nitrogens with one attached hydrogen (secondary N) is 1. The molecule has 2 nitrogen and oxygen atoms in total. The van der Waals surface area contributed by atoms with Crippen LogP contribution < -0.4 is 5.32 Å². The third-order valence-corrected chi connectivity index (χ3v) is 3.80. The van der Waals surface area contributed by atoms with Crippen molar-refractivity contribution in [3.63, 3.8) is 0 Å². The number of benzene rings is 1. The highest BCUT2D eigenvalue weighted by Crippen LogP contribution is 2.22. The monoisotopic (exact) mass is 268 g/mol. The van der Waals surface area contributed by atoms with Gasteiger partial charge in [-0.3, -0.25) is 4.98 Å². The number of aromatic nitrogens is 1. The van der Waals surface area contributed by atoms with E-state index in [4.69, 9.17) is 0 Å². The predicted octanol–water partition coefficient (Wildman–Crippen LogP) is 3.98. The average Bonchev–Trinajstić information content (AvgIpc) is 2.47. The Labute approximate surface area is 122 Å². The van der Waals surface area contributed by atoms with E-state index in [0.29, 0.717) is 6.04 Å². The molecule has 1 aromatic carbocycles. The van der Waals surface area contributed by atoms with Crippen molar-refractivity contribution in [3.8, 4) is 0 Å². The van der Waals surface area contributed by atoms with Gasteiger partial charge in [0.25, 0.3) is 0 Å². The van der Waals surface area contributed by atoms with Crippen molar-refractivity contribution in [2.24, 2.45) is 0 Å². The van der Waals surface area contributed by atoms with Gasteiger partial charge < -0.3 is 5.32 Å². The van der Waals surface area contributed by atoms with Crippen LogP contribution in [0.5, 0.6) is 0 Å². The van der Waals surface area contributed by atoms with Crippen LogP contribution in [0.2, 0.25) is 0 Å². The normalized spacial score (nSPS) is 12.3. The molecule has 1 aromatic heterocycles.